The number of primary amides is 1. The molecule has 0 atom stereocenters. The van der Waals surface area contributed by atoms with Gasteiger partial charge in [0.25, 0.3) is 5.91 Å². The van der Waals surface area contributed by atoms with Crippen LogP contribution in [0.3, 0.4) is 0 Å². The fourth-order valence-corrected chi connectivity index (χ4v) is 1.37. The van der Waals surface area contributed by atoms with E-state index in [9.17, 15) is 4.79 Å². The van der Waals surface area contributed by atoms with Crippen LogP contribution < -0.4 is 16.8 Å². The molecule has 5 heteroatoms. The number of benzene rings is 1. The maximum absolute atomic E-state index is 11.0. The summed E-state index contributed by atoms with van der Waals surface area (Å²) in [6.07, 6.45) is 1.75. The van der Waals surface area contributed by atoms with Crippen molar-refractivity contribution in [3.8, 4) is 0 Å². The molecule has 0 aliphatic heterocycles. The zero-order valence-corrected chi connectivity index (χ0v) is 9.66. The van der Waals surface area contributed by atoms with E-state index in [0.29, 0.717) is 0 Å². The SMILES string of the molecule is CCc1cccc(N/C(N)=C(/C=N)C(N)=O)c1. The molecule has 0 aliphatic carbocycles. The minimum Gasteiger partial charge on any atom is -0.385 e. The van der Waals surface area contributed by atoms with E-state index in [1.807, 2.05) is 31.2 Å². The molecule has 6 N–H and O–H groups in total. The van der Waals surface area contributed by atoms with Crippen molar-refractivity contribution in [1.29, 1.82) is 5.41 Å². The summed E-state index contributed by atoms with van der Waals surface area (Å²) in [4.78, 5) is 11.0. The van der Waals surface area contributed by atoms with Crippen molar-refractivity contribution in [3.05, 3.63) is 41.2 Å². The highest BCUT2D eigenvalue weighted by Gasteiger charge is 2.07. The molecule has 5 nitrogen and oxygen atoms in total. The molecule has 1 aromatic rings. The molecule has 0 saturated heterocycles. The van der Waals surface area contributed by atoms with E-state index in [-0.39, 0.29) is 11.4 Å². The third-order valence-electron chi connectivity index (χ3n) is 2.31. The quantitative estimate of drug-likeness (QED) is 0.449. The van der Waals surface area contributed by atoms with Gasteiger partial charge in [0.05, 0.1) is 5.57 Å². The van der Waals surface area contributed by atoms with Crippen LogP contribution in [0.25, 0.3) is 0 Å². The maximum atomic E-state index is 11.0. The van der Waals surface area contributed by atoms with Crippen LogP contribution in [-0.4, -0.2) is 12.1 Å². The van der Waals surface area contributed by atoms with Crippen LogP contribution in [0.5, 0.6) is 0 Å². The van der Waals surface area contributed by atoms with Gasteiger partial charge in [-0.15, -0.1) is 0 Å². The van der Waals surface area contributed by atoms with Crippen molar-refractivity contribution in [2.24, 2.45) is 11.5 Å². The first-order valence-electron chi connectivity index (χ1n) is 5.24. The normalized spacial score (nSPS) is 11.6. The van der Waals surface area contributed by atoms with Crippen LogP contribution in [0, 0.1) is 5.41 Å². The first-order chi connectivity index (χ1) is 8.08. The van der Waals surface area contributed by atoms with Gasteiger partial charge in [0.2, 0.25) is 0 Å². The Morgan fingerprint density at radius 1 is 1.47 bits per heavy atom. The highest BCUT2D eigenvalue weighted by atomic mass is 16.1. The van der Waals surface area contributed by atoms with Crippen LogP contribution in [0.4, 0.5) is 5.69 Å². The summed E-state index contributed by atoms with van der Waals surface area (Å²) < 4.78 is 0. The molecule has 0 aliphatic rings. The summed E-state index contributed by atoms with van der Waals surface area (Å²) in [7, 11) is 0. The van der Waals surface area contributed by atoms with Crippen LogP contribution in [0.1, 0.15) is 12.5 Å². The van der Waals surface area contributed by atoms with Crippen molar-refractivity contribution < 1.29 is 4.79 Å². The molecule has 1 amide bonds. The van der Waals surface area contributed by atoms with Gasteiger partial charge in [-0.1, -0.05) is 19.1 Å². The van der Waals surface area contributed by atoms with Crippen LogP contribution >= 0.6 is 0 Å². The Kier molecular flexibility index (Phi) is 4.28. The summed E-state index contributed by atoms with van der Waals surface area (Å²) in [5, 5.41) is 9.92. The van der Waals surface area contributed by atoms with Gasteiger partial charge in [-0.2, -0.15) is 0 Å². The van der Waals surface area contributed by atoms with Gasteiger partial charge in [-0.05, 0) is 24.1 Å². The highest BCUT2D eigenvalue weighted by molar-refractivity contribution is 6.11. The van der Waals surface area contributed by atoms with Gasteiger partial charge < -0.3 is 22.2 Å². The standard InChI is InChI=1S/C12H16N4O/c1-2-8-4-3-5-9(6-8)16-11(14)10(7-13)12(15)17/h3-7,13,16H,2,14H2,1H3,(H2,15,17)/b11-10-,13-7?. The zero-order valence-electron chi connectivity index (χ0n) is 9.66. The van der Waals surface area contributed by atoms with Crippen LogP contribution in [0.2, 0.25) is 0 Å². The van der Waals surface area contributed by atoms with E-state index in [4.69, 9.17) is 16.9 Å². The average Bonchev–Trinajstić information content (AvgIpc) is 2.29. The molecule has 0 aromatic heterocycles. The average molecular weight is 232 g/mol. The number of aryl methyl sites for hydroxylation is 1. The van der Waals surface area contributed by atoms with Crippen molar-refractivity contribution in [2.75, 3.05) is 5.32 Å². The number of hydrogen-bond donors (Lipinski definition) is 4. The van der Waals surface area contributed by atoms with Gasteiger partial charge in [-0.25, -0.2) is 0 Å². The highest BCUT2D eigenvalue weighted by Crippen LogP contribution is 2.12. The third-order valence-corrected chi connectivity index (χ3v) is 2.31. The predicted molar refractivity (Wildman–Crippen MR) is 68.6 cm³/mol. The number of hydrogen-bond acceptors (Lipinski definition) is 4. The second-order valence-corrected chi connectivity index (χ2v) is 3.51. The minimum atomic E-state index is -0.725. The largest absolute Gasteiger partial charge is 0.385 e. The Morgan fingerprint density at radius 3 is 2.71 bits per heavy atom. The van der Waals surface area contributed by atoms with E-state index in [1.165, 1.54) is 0 Å². The summed E-state index contributed by atoms with van der Waals surface area (Å²) in [6, 6.07) is 7.64. The smallest absolute Gasteiger partial charge is 0.253 e. The van der Waals surface area contributed by atoms with Gasteiger partial charge in [0.1, 0.15) is 5.82 Å². The number of rotatable bonds is 5. The molecule has 0 fully saturated rings. The number of amides is 1. The minimum absolute atomic E-state index is 0.0353. The Morgan fingerprint density at radius 2 is 2.18 bits per heavy atom. The van der Waals surface area contributed by atoms with Crippen LogP contribution in [0.15, 0.2) is 35.7 Å². The lowest BCUT2D eigenvalue weighted by Gasteiger charge is -2.09. The molecule has 0 unspecified atom stereocenters. The van der Waals surface area contributed by atoms with Gasteiger partial charge in [0, 0.05) is 11.9 Å². The maximum Gasteiger partial charge on any atom is 0.253 e. The molecule has 17 heavy (non-hydrogen) atoms. The zero-order chi connectivity index (χ0) is 12.8. The summed E-state index contributed by atoms with van der Waals surface area (Å²) in [6.45, 7) is 2.05. The van der Waals surface area contributed by atoms with Crippen LogP contribution in [-0.2, 0) is 11.2 Å². The topological polar surface area (TPSA) is 105 Å². The number of carbonyl (C=O) groups excluding carboxylic acids is 1. The predicted octanol–water partition coefficient (Wildman–Crippen LogP) is 0.966. The lowest BCUT2D eigenvalue weighted by molar-refractivity contribution is -0.114. The van der Waals surface area contributed by atoms with Gasteiger partial charge >= 0.3 is 0 Å². The number of carbonyl (C=O) groups is 1. The Hall–Kier alpha value is -2.30. The van der Waals surface area contributed by atoms with Crippen molar-refractivity contribution in [3.63, 3.8) is 0 Å². The lowest BCUT2D eigenvalue weighted by atomic mass is 10.1. The molecular weight excluding hydrogens is 216 g/mol. The first kappa shape index (κ1) is 12.8. The molecule has 1 aromatic carbocycles. The first-order valence-corrected chi connectivity index (χ1v) is 5.24. The molecule has 0 spiro atoms. The fourth-order valence-electron chi connectivity index (χ4n) is 1.37. The second kappa shape index (κ2) is 5.69. The van der Waals surface area contributed by atoms with E-state index in [0.717, 1.165) is 23.9 Å². The fraction of sp³-hybridized carbons (Fsp3) is 0.167. The summed E-state index contributed by atoms with van der Waals surface area (Å²) in [5.41, 5.74) is 12.6. The molecule has 0 heterocycles. The number of nitrogens with two attached hydrogens (primary N) is 2. The third kappa shape index (κ3) is 3.34. The monoisotopic (exact) mass is 232 g/mol. The Balaban J connectivity index is 2.97. The van der Waals surface area contributed by atoms with Gasteiger partial charge in [-0.3, -0.25) is 4.79 Å². The molecule has 1 rings (SSSR count). The summed E-state index contributed by atoms with van der Waals surface area (Å²) >= 11 is 0. The van der Waals surface area contributed by atoms with E-state index < -0.39 is 5.91 Å². The molecule has 0 saturated carbocycles. The molecular formula is C12H16N4O. The van der Waals surface area contributed by atoms with E-state index in [1.54, 1.807) is 0 Å². The summed E-state index contributed by atoms with van der Waals surface area (Å²) in [5.74, 6) is -0.641. The Labute approximate surface area is 100 Å². The molecule has 90 valence electrons. The Bertz CT molecular complexity index is 465. The van der Waals surface area contributed by atoms with Crippen molar-refractivity contribution in [1.82, 2.24) is 0 Å². The molecule has 0 radical (unpaired) electrons. The van der Waals surface area contributed by atoms with Gasteiger partial charge in [0.15, 0.2) is 0 Å². The molecule has 0 bridgehead atoms. The van der Waals surface area contributed by atoms with Crippen molar-refractivity contribution >= 4 is 17.8 Å². The van der Waals surface area contributed by atoms with E-state index >= 15 is 0 Å². The van der Waals surface area contributed by atoms with Crippen molar-refractivity contribution in [2.45, 2.75) is 13.3 Å². The lowest BCUT2D eigenvalue weighted by Crippen LogP contribution is -2.23. The second-order valence-electron chi connectivity index (χ2n) is 3.51. The number of anilines is 1. The van der Waals surface area contributed by atoms with E-state index in [2.05, 4.69) is 5.32 Å². The number of nitrogens with one attached hydrogen (secondary N) is 2.